The molecule has 0 radical (unpaired) electrons. The van der Waals surface area contributed by atoms with Crippen molar-refractivity contribution >= 4 is 17.7 Å². The van der Waals surface area contributed by atoms with Gasteiger partial charge in [-0.2, -0.15) is 0 Å². The maximum Gasteiger partial charge on any atom is 0.292 e. The lowest BCUT2D eigenvalue weighted by molar-refractivity contribution is -0.384. The average molecular weight is 293 g/mol. The first-order valence-electron chi connectivity index (χ1n) is 7.14. The topological polar surface area (TPSA) is 75.5 Å². The number of anilines is 1. The summed E-state index contributed by atoms with van der Waals surface area (Å²) in [5.41, 5.74) is 1.59. The Balaban J connectivity index is 2.60. The number of benzene rings is 1. The Hall–Kier alpha value is -1.95. The zero-order valence-corrected chi connectivity index (χ0v) is 12.7. The first kappa shape index (κ1) is 17.1. The average Bonchev–Trinajstić information content (AvgIpc) is 2.43. The van der Waals surface area contributed by atoms with Crippen molar-refractivity contribution in [2.24, 2.45) is 0 Å². The molecule has 21 heavy (non-hydrogen) atoms. The minimum Gasteiger partial charge on any atom is -0.379 e. The van der Waals surface area contributed by atoms with Gasteiger partial charge < -0.3 is 15.0 Å². The Kier molecular flexibility index (Phi) is 7.39. The van der Waals surface area contributed by atoms with Crippen LogP contribution in [0.5, 0.6) is 0 Å². The minimum atomic E-state index is -0.353. The lowest BCUT2D eigenvalue weighted by atomic mass is 10.1. The van der Waals surface area contributed by atoms with Gasteiger partial charge in [-0.25, -0.2) is 0 Å². The molecule has 0 heterocycles. The second-order valence-electron chi connectivity index (χ2n) is 5.29. The third kappa shape index (κ3) is 6.35. The lowest BCUT2D eigenvalue weighted by Gasteiger charge is -2.11. The van der Waals surface area contributed by atoms with Crippen molar-refractivity contribution in [2.75, 3.05) is 26.0 Å². The van der Waals surface area contributed by atoms with Gasteiger partial charge in [0.05, 0.1) is 4.92 Å². The smallest absolute Gasteiger partial charge is 0.292 e. The molecule has 1 aromatic carbocycles. The van der Waals surface area contributed by atoms with Crippen LogP contribution in [-0.2, 0) is 11.3 Å². The summed E-state index contributed by atoms with van der Waals surface area (Å²) in [5, 5.41) is 14.3. The summed E-state index contributed by atoms with van der Waals surface area (Å²) in [6, 6.07) is 5.29. The van der Waals surface area contributed by atoms with Crippen LogP contribution in [0.1, 0.15) is 31.2 Å². The van der Waals surface area contributed by atoms with E-state index in [2.05, 4.69) is 5.32 Å². The second-order valence-corrected chi connectivity index (χ2v) is 5.29. The number of rotatable bonds is 10. The Morgan fingerprint density at radius 1 is 1.29 bits per heavy atom. The zero-order valence-electron chi connectivity index (χ0n) is 12.7. The number of aldehydes is 1. The highest BCUT2D eigenvalue weighted by Gasteiger charge is 2.14. The SMILES string of the molecule is CN(C)Cc1ccc(NCCCCCC=O)c([N+](=O)[O-])c1. The molecule has 0 saturated heterocycles. The highest BCUT2D eigenvalue weighted by molar-refractivity contribution is 5.62. The standard InChI is InChI=1S/C15H23N3O3/c1-17(2)12-13-7-8-14(15(11-13)18(20)21)16-9-5-3-4-6-10-19/h7-8,10-11,16H,3-6,9,12H2,1-2H3. The summed E-state index contributed by atoms with van der Waals surface area (Å²) in [6.45, 7) is 1.35. The van der Waals surface area contributed by atoms with Gasteiger partial charge in [0.2, 0.25) is 0 Å². The molecule has 0 aromatic heterocycles. The number of nitro groups is 1. The van der Waals surface area contributed by atoms with Crippen LogP contribution in [-0.4, -0.2) is 36.7 Å². The summed E-state index contributed by atoms with van der Waals surface area (Å²) in [7, 11) is 3.86. The van der Waals surface area contributed by atoms with Gasteiger partial charge >= 0.3 is 0 Å². The Morgan fingerprint density at radius 2 is 2.05 bits per heavy atom. The highest BCUT2D eigenvalue weighted by atomic mass is 16.6. The molecule has 1 aromatic rings. The predicted molar refractivity (Wildman–Crippen MR) is 83.5 cm³/mol. The molecule has 0 fully saturated rings. The van der Waals surface area contributed by atoms with Gasteiger partial charge in [0.25, 0.3) is 5.69 Å². The van der Waals surface area contributed by atoms with E-state index in [1.807, 2.05) is 25.1 Å². The van der Waals surface area contributed by atoms with E-state index >= 15 is 0 Å². The number of carbonyl (C=O) groups is 1. The van der Waals surface area contributed by atoms with E-state index in [-0.39, 0.29) is 10.6 Å². The Morgan fingerprint density at radius 3 is 2.67 bits per heavy atom. The van der Waals surface area contributed by atoms with Crippen molar-refractivity contribution in [3.8, 4) is 0 Å². The van der Waals surface area contributed by atoms with Gasteiger partial charge in [0, 0.05) is 25.6 Å². The lowest BCUT2D eigenvalue weighted by Crippen LogP contribution is -2.11. The fourth-order valence-electron chi connectivity index (χ4n) is 2.09. The second kappa shape index (κ2) is 9.07. The molecule has 0 bridgehead atoms. The summed E-state index contributed by atoms with van der Waals surface area (Å²) >= 11 is 0. The van der Waals surface area contributed by atoms with Crippen molar-refractivity contribution in [2.45, 2.75) is 32.2 Å². The van der Waals surface area contributed by atoms with Crippen LogP contribution in [0.4, 0.5) is 11.4 Å². The number of unbranched alkanes of at least 4 members (excludes halogenated alkanes) is 3. The molecule has 6 nitrogen and oxygen atoms in total. The van der Waals surface area contributed by atoms with Crippen LogP contribution in [0.3, 0.4) is 0 Å². The van der Waals surface area contributed by atoms with Gasteiger partial charge in [-0.3, -0.25) is 10.1 Å². The van der Waals surface area contributed by atoms with Crippen molar-refractivity contribution in [1.29, 1.82) is 0 Å². The quantitative estimate of drug-likeness (QED) is 0.311. The number of nitrogens with one attached hydrogen (secondary N) is 1. The number of nitro benzene ring substituents is 1. The molecule has 116 valence electrons. The summed E-state index contributed by atoms with van der Waals surface area (Å²) in [5.74, 6) is 0. The van der Waals surface area contributed by atoms with Crippen LogP contribution in [0.2, 0.25) is 0 Å². The molecule has 0 aliphatic rings. The van der Waals surface area contributed by atoms with E-state index in [9.17, 15) is 14.9 Å². The molecule has 0 saturated carbocycles. The third-order valence-electron chi connectivity index (χ3n) is 3.07. The van der Waals surface area contributed by atoms with Crippen molar-refractivity contribution in [1.82, 2.24) is 4.90 Å². The predicted octanol–water partition coefficient (Wildman–Crippen LogP) is 2.83. The number of hydrogen-bond acceptors (Lipinski definition) is 5. The van der Waals surface area contributed by atoms with Crippen LogP contribution < -0.4 is 5.32 Å². The monoisotopic (exact) mass is 293 g/mol. The Bertz CT molecular complexity index is 475. The first-order chi connectivity index (χ1) is 10.0. The number of hydrogen-bond donors (Lipinski definition) is 1. The van der Waals surface area contributed by atoms with Crippen LogP contribution >= 0.6 is 0 Å². The molecule has 0 amide bonds. The van der Waals surface area contributed by atoms with Crippen molar-refractivity contribution < 1.29 is 9.72 Å². The van der Waals surface area contributed by atoms with Gasteiger partial charge in [-0.05, 0) is 38.6 Å². The molecule has 1 N–H and O–H groups in total. The molecular formula is C15H23N3O3. The van der Waals surface area contributed by atoms with E-state index < -0.39 is 0 Å². The summed E-state index contributed by atoms with van der Waals surface area (Å²) in [6.07, 6.45) is 4.21. The first-order valence-corrected chi connectivity index (χ1v) is 7.14. The van der Waals surface area contributed by atoms with Gasteiger partial charge in [0.15, 0.2) is 0 Å². The van der Waals surface area contributed by atoms with E-state index in [0.29, 0.717) is 25.2 Å². The molecule has 0 unspecified atom stereocenters. The molecule has 0 aliphatic carbocycles. The van der Waals surface area contributed by atoms with Gasteiger partial charge in [0.1, 0.15) is 12.0 Å². The number of carbonyl (C=O) groups excluding carboxylic acids is 1. The largest absolute Gasteiger partial charge is 0.379 e. The maximum absolute atomic E-state index is 11.1. The molecule has 0 aliphatic heterocycles. The van der Waals surface area contributed by atoms with E-state index in [1.165, 1.54) is 0 Å². The van der Waals surface area contributed by atoms with Crippen molar-refractivity contribution in [3.05, 3.63) is 33.9 Å². The number of nitrogens with zero attached hydrogens (tertiary/aromatic N) is 2. The minimum absolute atomic E-state index is 0.113. The third-order valence-corrected chi connectivity index (χ3v) is 3.07. The molecule has 1 rings (SSSR count). The van der Waals surface area contributed by atoms with E-state index in [4.69, 9.17) is 0 Å². The fraction of sp³-hybridized carbons (Fsp3) is 0.533. The van der Waals surface area contributed by atoms with Crippen LogP contribution in [0, 0.1) is 10.1 Å². The zero-order chi connectivity index (χ0) is 15.7. The Labute approximate surface area is 125 Å². The summed E-state index contributed by atoms with van der Waals surface area (Å²) in [4.78, 5) is 23.0. The summed E-state index contributed by atoms with van der Waals surface area (Å²) < 4.78 is 0. The van der Waals surface area contributed by atoms with E-state index in [1.54, 1.807) is 12.1 Å². The highest BCUT2D eigenvalue weighted by Crippen LogP contribution is 2.26. The molecule has 0 spiro atoms. The normalized spacial score (nSPS) is 10.6. The van der Waals surface area contributed by atoms with Gasteiger partial charge in [-0.15, -0.1) is 0 Å². The molecule has 6 heteroatoms. The van der Waals surface area contributed by atoms with Gasteiger partial charge in [-0.1, -0.05) is 12.5 Å². The maximum atomic E-state index is 11.1. The molecule has 0 atom stereocenters. The van der Waals surface area contributed by atoms with Crippen LogP contribution in [0.25, 0.3) is 0 Å². The fourth-order valence-corrected chi connectivity index (χ4v) is 2.09. The van der Waals surface area contributed by atoms with Crippen molar-refractivity contribution in [3.63, 3.8) is 0 Å². The van der Waals surface area contributed by atoms with Crippen LogP contribution in [0.15, 0.2) is 18.2 Å². The van der Waals surface area contributed by atoms with E-state index in [0.717, 1.165) is 31.1 Å². The molecular weight excluding hydrogens is 270 g/mol.